The maximum absolute atomic E-state index is 11.6. The van der Waals surface area contributed by atoms with Crippen molar-refractivity contribution >= 4 is 11.9 Å². The number of carboxylic acids is 1. The van der Waals surface area contributed by atoms with Crippen LogP contribution in [0.2, 0.25) is 0 Å². The van der Waals surface area contributed by atoms with E-state index in [1.807, 2.05) is 0 Å². The van der Waals surface area contributed by atoms with Crippen LogP contribution in [0.3, 0.4) is 0 Å². The predicted molar refractivity (Wildman–Crippen MR) is 62.8 cm³/mol. The lowest BCUT2D eigenvalue weighted by Crippen LogP contribution is -2.33. The molecule has 4 nitrogen and oxygen atoms in total. The van der Waals surface area contributed by atoms with Crippen LogP contribution in [-0.4, -0.2) is 23.7 Å². The zero-order valence-corrected chi connectivity index (χ0v) is 9.97. The zero-order chi connectivity index (χ0) is 12.9. The quantitative estimate of drug-likeness (QED) is 0.797. The number of ether oxygens (including phenoxy) is 1. The molecule has 4 heteroatoms. The second-order valence-electron chi connectivity index (χ2n) is 4.16. The van der Waals surface area contributed by atoms with E-state index in [-0.39, 0.29) is 6.61 Å². The van der Waals surface area contributed by atoms with Gasteiger partial charge in [-0.25, -0.2) is 4.79 Å². The van der Waals surface area contributed by atoms with Crippen molar-refractivity contribution in [2.45, 2.75) is 20.3 Å². The lowest BCUT2D eigenvalue weighted by Gasteiger charge is -2.22. The van der Waals surface area contributed by atoms with Gasteiger partial charge in [0.15, 0.2) is 0 Å². The minimum atomic E-state index is -1.02. The van der Waals surface area contributed by atoms with E-state index in [0.717, 1.165) is 0 Å². The molecule has 0 aliphatic rings. The molecule has 1 aromatic rings. The van der Waals surface area contributed by atoms with Crippen LogP contribution in [0.5, 0.6) is 0 Å². The number of carboxylic acid groups (broad SMARTS) is 1. The van der Waals surface area contributed by atoms with Crippen LogP contribution in [0, 0.1) is 5.41 Å². The Morgan fingerprint density at radius 2 is 1.88 bits per heavy atom. The summed E-state index contributed by atoms with van der Waals surface area (Å²) in [5.74, 6) is -1.45. The van der Waals surface area contributed by atoms with E-state index in [0.29, 0.717) is 12.0 Å². The van der Waals surface area contributed by atoms with Gasteiger partial charge < -0.3 is 9.84 Å². The number of carbonyl (C=O) groups is 2. The molecule has 0 heterocycles. The molecule has 1 unspecified atom stereocenters. The number of rotatable bonds is 5. The van der Waals surface area contributed by atoms with Crippen LogP contribution in [0.15, 0.2) is 30.3 Å². The van der Waals surface area contributed by atoms with E-state index in [9.17, 15) is 9.59 Å². The van der Waals surface area contributed by atoms with Crippen molar-refractivity contribution in [2.24, 2.45) is 5.41 Å². The van der Waals surface area contributed by atoms with Gasteiger partial charge in [-0.2, -0.15) is 0 Å². The zero-order valence-electron chi connectivity index (χ0n) is 9.97. The van der Waals surface area contributed by atoms with Crippen LogP contribution in [-0.2, 0) is 9.53 Å². The standard InChI is InChI=1S/C13H16O4/c1-3-13(2,12(15)16)9-17-11(14)10-7-5-4-6-8-10/h4-8H,3,9H2,1-2H3,(H,15,16). The fourth-order valence-electron chi connectivity index (χ4n) is 1.20. The maximum atomic E-state index is 11.6. The number of esters is 1. The van der Waals surface area contributed by atoms with Crippen molar-refractivity contribution in [3.8, 4) is 0 Å². The van der Waals surface area contributed by atoms with Gasteiger partial charge in [0.25, 0.3) is 0 Å². The fourth-order valence-corrected chi connectivity index (χ4v) is 1.20. The monoisotopic (exact) mass is 236 g/mol. The average Bonchev–Trinajstić information content (AvgIpc) is 2.36. The highest BCUT2D eigenvalue weighted by atomic mass is 16.5. The van der Waals surface area contributed by atoms with Crippen molar-refractivity contribution in [2.75, 3.05) is 6.61 Å². The Morgan fingerprint density at radius 3 is 2.35 bits per heavy atom. The molecule has 0 amide bonds. The first-order valence-corrected chi connectivity index (χ1v) is 5.45. The molecule has 0 saturated carbocycles. The summed E-state index contributed by atoms with van der Waals surface area (Å²) in [7, 11) is 0. The Labute approximate surface area is 100 Å². The van der Waals surface area contributed by atoms with Crippen molar-refractivity contribution in [3.05, 3.63) is 35.9 Å². The minimum Gasteiger partial charge on any atom is -0.481 e. The molecule has 92 valence electrons. The van der Waals surface area contributed by atoms with Crippen molar-refractivity contribution in [3.63, 3.8) is 0 Å². The molecule has 1 rings (SSSR count). The Bertz CT molecular complexity index is 399. The summed E-state index contributed by atoms with van der Waals surface area (Å²) in [4.78, 5) is 22.6. The van der Waals surface area contributed by atoms with E-state index < -0.39 is 17.4 Å². The Balaban J connectivity index is 2.63. The third-order valence-electron chi connectivity index (χ3n) is 2.83. The second-order valence-corrected chi connectivity index (χ2v) is 4.16. The third kappa shape index (κ3) is 3.31. The van der Waals surface area contributed by atoms with Crippen LogP contribution < -0.4 is 0 Å². The fraction of sp³-hybridized carbons (Fsp3) is 0.385. The largest absolute Gasteiger partial charge is 0.481 e. The normalized spacial score (nSPS) is 13.8. The van der Waals surface area contributed by atoms with Crippen LogP contribution in [0.1, 0.15) is 30.6 Å². The first-order chi connectivity index (χ1) is 7.99. The van der Waals surface area contributed by atoms with Crippen LogP contribution in [0.25, 0.3) is 0 Å². The number of hydrogen-bond acceptors (Lipinski definition) is 3. The second kappa shape index (κ2) is 5.48. The molecular weight excluding hydrogens is 220 g/mol. The van der Waals surface area contributed by atoms with E-state index >= 15 is 0 Å². The Hall–Kier alpha value is -1.84. The van der Waals surface area contributed by atoms with Gasteiger partial charge in [0.05, 0.1) is 11.0 Å². The number of carbonyl (C=O) groups excluding carboxylic acids is 1. The van der Waals surface area contributed by atoms with Crippen molar-refractivity contribution in [1.29, 1.82) is 0 Å². The van der Waals surface area contributed by atoms with Gasteiger partial charge in [0.2, 0.25) is 0 Å². The van der Waals surface area contributed by atoms with E-state index in [1.54, 1.807) is 44.2 Å². The van der Waals surface area contributed by atoms with Gasteiger partial charge in [0.1, 0.15) is 6.61 Å². The van der Waals surface area contributed by atoms with Crippen LogP contribution >= 0.6 is 0 Å². The summed E-state index contributed by atoms with van der Waals surface area (Å²) in [6, 6.07) is 8.52. The molecule has 0 aromatic heterocycles. The maximum Gasteiger partial charge on any atom is 0.338 e. The summed E-state index contributed by atoms with van der Waals surface area (Å²) in [5.41, 5.74) is -0.596. The lowest BCUT2D eigenvalue weighted by atomic mass is 9.89. The van der Waals surface area contributed by atoms with Gasteiger partial charge in [-0.3, -0.25) is 4.79 Å². The highest BCUT2D eigenvalue weighted by Crippen LogP contribution is 2.22. The molecule has 1 aromatic carbocycles. The average molecular weight is 236 g/mol. The summed E-state index contributed by atoms with van der Waals surface area (Å²) >= 11 is 0. The van der Waals surface area contributed by atoms with E-state index in [2.05, 4.69) is 0 Å². The molecule has 0 radical (unpaired) electrons. The third-order valence-corrected chi connectivity index (χ3v) is 2.83. The predicted octanol–water partition coefficient (Wildman–Crippen LogP) is 2.34. The van der Waals surface area contributed by atoms with E-state index in [4.69, 9.17) is 9.84 Å². The van der Waals surface area contributed by atoms with Gasteiger partial charge >= 0.3 is 11.9 Å². The van der Waals surface area contributed by atoms with Crippen molar-refractivity contribution < 1.29 is 19.4 Å². The highest BCUT2D eigenvalue weighted by Gasteiger charge is 2.32. The number of benzene rings is 1. The van der Waals surface area contributed by atoms with Gasteiger partial charge in [-0.1, -0.05) is 25.1 Å². The molecule has 0 aliphatic carbocycles. The minimum absolute atomic E-state index is 0.118. The SMILES string of the molecule is CCC(C)(COC(=O)c1ccccc1)C(=O)O. The van der Waals surface area contributed by atoms with Crippen molar-refractivity contribution in [1.82, 2.24) is 0 Å². The van der Waals surface area contributed by atoms with Gasteiger partial charge in [-0.05, 0) is 25.5 Å². The topological polar surface area (TPSA) is 63.6 Å². The van der Waals surface area contributed by atoms with Gasteiger partial charge in [0, 0.05) is 0 Å². The highest BCUT2D eigenvalue weighted by molar-refractivity contribution is 5.89. The molecular formula is C13H16O4. The Kier molecular flexibility index (Phi) is 4.26. The lowest BCUT2D eigenvalue weighted by molar-refractivity contribution is -0.150. The molecule has 0 fully saturated rings. The molecule has 17 heavy (non-hydrogen) atoms. The molecule has 0 spiro atoms. The number of aliphatic carboxylic acids is 1. The Morgan fingerprint density at radius 1 is 1.29 bits per heavy atom. The first kappa shape index (κ1) is 13.2. The van der Waals surface area contributed by atoms with E-state index in [1.165, 1.54) is 0 Å². The smallest absolute Gasteiger partial charge is 0.338 e. The number of hydrogen-bond donors (Lipinski definition) is 1. The van der Waals surface area contributed by atoms with Crippen LogP contribution in [0.4, 0.5) is 0 Å². The molecule has 0 bridgehead atoms. The van der Waals surface area contributed by atoms with Gasteiger partial charge in [-0.15, -0.1) is 0 Å². The summed E-state index contributed by atoms with van der Waals surface area (Å²) in [6.07, 6.45) is 0.407. The summed E-state index contributed by atoms with van der Waals surface area (Å²) in [6.45, 7) is 3.20. The molecule has 1 atom stereocenters. The first-order valence-electron chi connectivity index (χ1n) is 5.45. The molecule has 0 aliphatic heterocycles. The molecule has 1 N–H and O–H groups in total. The summed E-state index contributed by atoms with van der Waals surface area (Å²) < 4.78 is 5.03. The summed E-state index contributed by atoms with van der Waals surface area (Å²) in [5, 5.41) is 9.02. The molecule has 0 saturated heterocycles.